The van der Waals surface area contributed by atoms with Crippen LogP contribution in [0.4, 0.5) is 11.8 Å². The molecule has 7 heteroatoms. The first-order chi connectivity index (χ1) is 7.70. The predicted molar refractivity (Wildman–Crippen MR) is 58.4 cm³/mol. The minimum Gasteiger partial charge on any atom is -0.479 e. The minimum absolute atomic E-state index is 0.0858. The van der Waals surface area contributed by atoms with E-state index in [0.29, 0.717) is 17.3 Å². The van der Waals surface area contributed by atoms with Crippen LogP contribution < -0.4 is 16.2 Å². The Labute approximate surface area is 91.5 Å². The van der Waals surface area contributed by atoms with Crippen LogP contribution in [-0.2, 0) is 0 Å². The van der Waals surface area contributed by atoms with Gasteiger partial charge in [-0.3, -0.25) is 0 Å². The van der Waals surface area contributed by atoms with Gasteiger partial charge in [0.15, 0.2) is 5.69 Å². The van der Waals surface area contributed by atoms with Crippen molar-refractivity contribution >= 4 is 11.8 Å². The van der Waals surface area contributed by atoms with E-state index in [1.165, 1.54) is 19.5 Å². The molecule has 0 saturated heterocycles. The van der Waals surface area contributed by atoms with Crippen LogP contribution >= 0.6 is 0 Å². The van der Waals surface area contributed by atoms with Crippen LogP contribution in [0.2, 0.25) is 0 Å². The Morgan fingerprint density at radius 2 is 1.88 bits per heavy atom. The molecule has 2 rings (SSSR count). The third-order valence-corrected chi connectivity index (χ3v) is 1.86. The normalized spacial score (nSPS) is 10.1. The van der Waals surface area contributed by atoms with Crippen molar-refractivity contribution in [2.45, 2.75) is 0 Å². The van der Waals surface area contributed by atoms with Gasteiger partial charge in [-0.05, 0) is 0 Å². The maximum atomic E-state index is 5.57. The Morgan fingerprint density at radius 3 is 2.56 bits per heavy atom. The number of aromatic nitrogens is 4. The molecule has 2 heterocycles. The number of ether oxygens (including phenoxy) is 1. The van der Waals surface area contributed by atoms with Gasteiger partial charge >= 0.3 is 0 Å². The van der Waals surface area contributed by atoms with Gasteiger partial charge in [0, 0.05) is 18.5 Å². The second-order valence-electron chi connectivity index (χ2n) is 2.95. The van der Waals surface area contributed by atoms with E-state index in [1.807, 2.05) is 0 Å². The van der Waals surface area contributed by atoms with Gasteiger partial charge in [-0.15, -0.1) is 0 Å². The van der Waals surface area contributed by atoms with Gasteiger partial charge in [0.25, 0.3) is 0 Å². The van der Waals surface area contributed by atoms with Crippen LogP contribution in [0.5, 0.6) is 5.88 Å². The number of hydrogen-bond donors (Lipinski definition) is 2. The lowest BCUT2D eigenvalue weighted by molar-refractivity contribution is 0.397. The van der Waals surface area contributed by atoms with E-state index >= 15 is 0 Å². The third kappa shape index (κ3) is 1.83. The van der Waals surface area contributed by atoms with Crippen molar-refractivity contribution in [1.82, 2.24) is 19.9 Å². The molecule has 0 saturated carbocycles. The highest BCUT2D eigenvalue weighted by atomic mass is 16.5. The number of anilines is 2. The second-order valence-corrected chi connectivity index (χ2v) is 2.95. The van der Waals surface area contributed by atoms with Gasteiger partial charge < -0.3 is 16.2 Å². The summed E-state index contributed by atoms with van der Waals surface area (Å²) in [5.41, 5.74) is 12.0. The fraction of sp³-hybridized carbons (Fsp3) is 0.111. The number of nitrogens with two attached hydrogens (primary N) is 2. The summed E-state index contributed by atoms with van der Waals surface area (Å²) in [7, 11) is 1.50. The molecule has 16 heavy (non-hydrogen) atoms. The largest absolute Gasteiger partial charge is 0.479 e. The molecule has 0 fully saturated rings. The van der Waals surface area contributed by atoms with Crippen LogP contribution in [-0.4, -0.2) is 27.0 Å². The number of rotatable bonds is 2. The van der Waals surface area contributed by atoms with E-state index in [2.05, 4.69) is 19.9 Å². The molecule has 0 radical (unpaired) electrons. The lowest BCUT2D eigenvalue weighted by Gasteiger charge is -2.05. The Morgan fingerprint density at radius 1 is 1.12 bits per heavy atom. The fourth-order valence-electron chi connectivity index (χ4n) is 1.26. The van der Waals surface area contributed by atoms with Gasteiger partial charge in [0.2, 0.25) is 11.8 Å². The highest BCUT2D eigenvalue weighted by molar-refractivity contribution is 5.63. The third-order valence-electron chi connectivity index (χ3n) is 1.86. The molecule has 2 aromatic heterocycles. The molecule has 0 aliphatic heterocycles. The quantitative estimate of drug-likeness (QED) is 0.735. The maximum absolute atomic E-state index is 5.57. The van der Waals surface area contributed by atoms with Crippen molar-refractivity contribution in [2.75, 3.05) is 18.6 Å². The molecule has 0 aromatic carbocycles. The van der Waals surface area contributed by atoms with Crippen molar-refractivity contribution in [3.05, 3.63) is 18.5 Å². The highest BCUT2D eigenvalue weighted by Gasteiger charge is 2.11. The summed E-state index contributed by atoms with van der Waals surface area (Å²) in [6.45, 7) is 0. The van der Waals surface area contributed by atoms with Crippen molar-refractivity contribution in [1.29, 1.82) is 0 Å². The second kappa shape index (κ2) is 3.97. The van der Waals surface area contributed by atoms with Crippen molar-refractivity contribution in [3.63, 3.8) is 0 Å². The average molecular weight is 218 g/mol. The summed E-state index contributed by atoms with van der Waals surface area (Å²) in [5.74, 6) is 0.720. The lowest BCUT2D eigenvalue weighted by Crippen LogP contribution is -2.02. The molecule has 0 amide bonds. The van der Waals surface area contributed by atoms with Gasteiger partial charge in [0.05, 0.1) is 7.11 Å². The van der Waals surface area contributed by atoms with Crippen LogP contribution in [0.25, 0.3) is 11.4 Å². The van der Waals surface area contributed by atoms with E-state index in [4.69, 9.17) is 16.2 Å². The molecule has 2 aromatic rings. The molecule has 0 spiro atoms. The van der Waals surface area contributed by atoms with Gasteiger partial charge in [-0.1, -0.05) is 0 Å². The molecule has 82 valence electrons. The topological polar surface area (TPSA) is 113 Å². The highest BCUT2D eigenvalue weighted by Crippen LogP contribution is 2.24. The molecule has 0 atom stereocenters. The predicted octanol–water partition coefficient (Wildman–Crippen LogP) is 0.107. The van der Waals surface area contributed by atoms with Crippen molar-refractivity contribution in [2.24, 2.45) is 0 Å². The Bertz CT molecular complexity index is 495. The van der Waals surface area contributed by atoms with Gasteiger partial charge in [-0.25, -0.2) is 15.0 Å². The lowest BCUT2D eigenvalue weighted by atomic mass is 10.3. The number of nitrogen functional groups attached to an aromatic ring is 2. The summed E-state index contributed by atoms with van der Waals surface area (Å²) in [4.78, 5) is 15.9. The van der Waals surface area contributed by atoms with Crippen LogP contribution in [0.15, 0.2) is 18.5 Å². The number of methoxy groups -OCH3 is 1. The van der Waals surface area contributed by atoms with Crippen LogP contribution in [0.1, 0.15) is 0 Å². The zero-order chi connectivity index (χ0) is 11.5. The SMILES string of the molecule is COc1nccnc1-c1cc(N)nc(N)n1. The summed E-state index contributed by atoms with van der Waals surface area (Å²) < 4.78 is 5.06. The summed E-state index contributed by atoms with van der Waals surface area (Å²) >= 11 is 0. The van der Waals surface area contributed by atoms with Gasteiger partial charge in [-0.2, -0.15) is 4.98 Å². The molecule has 0 bridgehead atoms. The molecular formula is C9H10N6O. The van der Waals surface area contributed by atoms with E-state index in [9.17, 15) is 0 Å². The molecule has 7 nitrogen and oxygen atoms in total. The number of nitrogens with zero attached hydrogens (tertiary/aromatic N) is 4. The monoisotopic (exact) mass is 218 g/mol. The molecule has 4 N–H and O–H groups in total. The first-order valence-corrected chi connectivity index (χ1v) is 4.46. The zero-order valence-corrected chi connectivity index (χ0v) is 8.58. The number of hydrogen-bond acceptors (Lipinski definition) is 7. The standard InChI is InChI=1S/C9H10N6O/c1-16-8-7(12-2-3-13-8)5-4-6(10)15-9(11)14-5/h2-4H,1H3,(H4,10,11,14,15). The smallest absolute Gasteiger partial charge is 0.241 e. The summed E-state index contributed by atoms with van der Waals surface area (Å²) in [5, 5.41) is 0. The molecule has 0 unspecified atom stereocenters. The molecule has 0 aliphatic rings. The Balaban J connectivity index is 2.58. The first kappa shape index (κ1) is 10.1. The summed E-state index contributed by atoms with van der Waals surface area (Å²) in [6, 6.07) is 1.56. The molecule has 0 aliphatic carbocycles. The molecular weight excluding hydrogens is 208 g/mol. The fourth-order valence-corrected chi connectivity index (χ4v) is 1.26. The van der Waals surface area contributed by atoms with Crippen molar-refractivity contribution in [3.8, 4) is 17.3 Å². The van der Waals surface area contributed by atoms with E-state index in [1.54, 1.807) is 6.07 Å². The van der Waals surface area contributed by atoms with Gasteiger partial charge in [0.1, 0.15) is 11.5 Å². The van der Waals surface area contributed by atoms with Crippen LogP contribution in [0.3, 0.4) is 0 Å². The van der Waals surface area contributed by atoms with Crippen molar-refractivity contribution < 1.29 is 4.74 Å². The van der Waals surface area contributed by atoms with Crippen LogP contribution in [0, 0.1) is 0 Å². The summed E-state index contributed by atoms with van der Waals surface area (Å²) in [6.07, 6.45) is 3.06. The first-order valence-electron chi connectivity index (χ1n) is 4.46. The maximum Gasteiger partial charge on any atom is 0.241 e. The average Bonchev–Trinajstić information content (AvgIpc) is 2.27. The Hall–Kier alpha value is -2.44. The van der Waals surface area contributed by atoms with E-state index in [-0.39, 0.29) is 11.8 Å². The zero-order valence-electron chi connectivity index (χ0n) is 8.58. The Kier molecular flexibility index (Phi) is 2.50. The minimum atomic E-state index is 0.0858. The van der Waals surface area contributed by atoms with E-state index < -0.39 is 0 Å². The van der Waals surface area contributed by atoms with E-state index in [0.717, 1.165) is 0 Å².